The van der Waals surface area contributed by atoms with Crippen molar-refractivity contribution >= 4 is 52.4 Å². The monoisotopic (exact) mass is 767 g/mol. The lowest BCUT2D eigenvalue weighted by Crippen LogP contribution is -2.61. The number of aromatic nitrogens is 1. The molecule has 3 rings (SSSR count). The number of aromatic amines is 1. The van der Waals surface area contributed by atoms with E-state index >= 15 is 0 Å². The third-order valence-electron chi connectivity index (χ3n) is 9.67. The van der Waals surface area contributed by atoms with Crippen molar-refractivity contribution in [3.63, 3.8) is 0 Å². The van der Waals surface area contributed by atoms with Gasteiger partial charge in [0, 0.05) is 49.1 Å². The fourth-order valence-electron chi connectivity index (χ4n) is 6.88. The number of carbonyl (C=O) groups excluding carboxylic acids is 4. The number of likely N-dealkylation sites (tertiary alicyclic amines) is 1. The number of nitrogens with zero attached hydrogens (tertiary/aromatic N) is 3. The first-order valence-corrected chi connectivity index (χ1v) is 19.0. The normalized spacial score (nSPS) is 16.0. The Balaban J connectivity index is 1.89. The molecule has 2 heterocycles. The molecule has 55 heavy (non-hydrogen) atoms. The number of H-pyrrole nitrogens is 1. The van der Waals surface area contributed by atoms with Gasteiger partial charge in [-0.25, -0.2) is 4.79 Å². The van der Waals surface area contributed by atoms with Crippen molar-refractivity contribution in [3.05, 3.63) is 36.0 Å². The number of carbonyl (C=O) groups is 5. The van der Waals surface area contributed by atoms with Crippen molar-refractivity contribution in [1.29, 1.82) is 0 Å². The molecule has 4 amide bonds. The van der Waals surface area contributed by atoms with Gasteiger partial charge in [-0.3, -0.25) is 29.2 Å². The number of nitrogens with two attached hydrogens (primary N) is 4. The molecule has 0 spiro atoms. The number of carboxylic acid groups (broad SMARTS) is 1. The van der Waals surface area contributed by atoms with E-state index in [9.17, 15) is 29.1 Å². The minimum atomic E-state index is -1.18. The number of aliphatic carboxylic acids is 1. The molecule has 1 aromatic heterocycles. The molecule has 1 fully saturated rings. The first-order valence-electron chi connectivity index (χ1n) is 19.0. The van der Waals surface area contributed by atoms with Crippen LogP contribution in [0, 0.1) is 17.3 Å². The molecule has 2 aromatic rings. The van der Waals surface area contributed by atoms with Crippen LogP contribution in [-0.4, -0.2) is 100 Å². The summed E-state index contributed by atoms with van der Waals surface area (Å²) in [6, 6.07) is 3.28. The largest absolute Gasteiger partial charge is 0.480 e. The SMILES string of the molecule is CC(C)C[C@H](NC(=O)[C@@H](NC(=O)[C@H](Cc1c[nH]c2ccccc12)NC(=O)[C@H]1CCCN1C(=O)C(CCCN=C(N)N)CCCN=C(N)N)C(C)(C)C)C(=O)O. The maximum atomic E-state index is 14.3. The summed E-state index contributed by atoms with van der Waals surface area (Å²) in [6.07, 6.45) is 5.07. The molecule has 1 aliphatic heterocycles. The van der Waals surface area contributed by atoms with E-state index in [4.69, 9.17) is 22.9 Å². The number of benzene rings is 1. The highest BCUT2D eigenvalue weighted by molar-refractivity contribution is 5.96. The topological polar surface area (TPSA) is 290 Å². The first-order chi connectivity index (χ1) is 25.9. The van der Waals surface area contributed by atoms with Gasteiger partial charge in [0.25, 0.3) is 0 Å². The molecule has 17 nitrogen and oxygen atoms in total. The van der Waals surface area contributed by atoms with E-state index in [2.05, 4.69) is 30.9 Å². The number of aliphatic imine (C=N–C) groups is 2. The van der Waals surface area contributed by atoms with Gasteiger partial charge in [-0.1, -0.05) is 52.8 Å². The zero-order chi connectivity index (χ0) is 40.9. The van der Waals surface area contributed by atoms with Crippen LogP contribution in [0.5, 0.6) is 0 Å². The lowest BCUT2D eigenvalue weighted by Gasteiger charge is -2.33. The molecule has 1 saturated heterocycles. The second kappa shape index (κ2) is 20.4. The molecule has 304 valence electrons. The standard InChI is InChI=1S/C38H61N11O6/c1-22(2)19-28(35(54)55)47-33(52)30(38(3,4)5)48-31(50)27(20-24-21-45-26-14-7-6-13-25(24)26)46-32(51)29-15-10-18-49(29)34(53)23(11-8-16-43-36(39)40)12-9-17-44-37(41)42/h6-7,13-14,21-23,27-30,45H,8-12,15-20H2,1-5H3,(H,46,51)(H,47,52)(H,48,50)(H,54,55)(H4,39,40,43)(H4,41,42,44)/t27-,28-,29+,30+/m0/s1. The molecule has 1 aliphatic rings. The Morgan fingerprint density at radius 3 is 2.09 bits per heavy atom. The lowest BCUT2D eigenvalue weighted by atomic mass is 9.85. The number of hydrogen-bond acceptors (Lipinski definition) is 7. The molecule has 4 atom stereocenters. The number of para-hydroxylation sites is 1. The molecule has 13 N–H and O–H groups in total. The smallest absolute Gasteiger partial charge is 0.326 e. The van der Waals surface area contributed by atoms with Gasteiger partial charge in [0.1, 0.15) is 24.2 Å². The van der Waals surface area contributed by atoms with Crippen molar-refractivity contribution < 1.29 is 29.1 Å². The molecular formula is C38H61N11O6. The van der Waals surface area contributed by atoms with E-state index in [0.29, 0.717) is 58.2 Å². The van der Waals surface area contributed by atoms with Crippen LogP contribution in [0.4, 0.5) is 0 Å². The molecule has 0 aliphatic carbocycles. The van der Waals surface area contributed by atoms with Gasteiger partial charge in [0.05, 0.1) is 0 Å². The number of guanidine groups is 2. The van der Waals surface area contributed by atoms with E-state index in [1.807, 2.05) is 38.1 Å². The second-order valence-electron chi connectivity index (χ2n) is 15.7. The Kier molecular flexibility index (Phi) is 16.3. The van der Waals surface area contributed by atoms with Crippen molar-refractivity contribution in [2.45, 2.75) is 110 Å². The third kappa shape index (κ3) is 13.5. The van der Waals surface area contributed by atoms with Crippen LogP contribution in [0.2, 0.25) is 0 Å². The average molecular weight is 768 g/mol. The van der Waals surface area contributed by atoms with Crippen LogP contribution in [0.3, 0.4) is 0 Å². The minimum Gasteiger partial charge on any atom is -0.480 e. The summed E-state index contributed by atoms with van der Waals surface area (Å²) in [5.41, 5.74) is 22.7. The van der Waals surface area contributed by atoms with Gasteiger partial charge in [-0.15, -0.1) is 0 Å². The number of hydrogen-bond donors (Lipinski definition) is 9. The molecule has 0 unspecified atom stereocenters. The molecule has 1 aromatic carbocycles. The van der Waals surface area contributed by atoms with Crippen LogP contribution < -0.4 is 38.9 Å². The summed E-state index contributed by atoms with van der Waals surface area (Å²) in [5.74, 6) is -3.67. The Bertz CT molecular complexity index is 1670. The highest BCUT2D eigenvalue weighted by Gasteiger charge is 2.40. The molecule has 0 bridgehead atoms. The number of rotatable bonds is 20. The van der Waals surface area contributed by atoms with Crippen LogP contribution in [0.15, 0.2) is 40.4 Å². The number of fused-ring (bicyclic) bond motifs is 1. The summed E-state index contributed by atoms with van der Waals surface area (Å²) in [6.45, 7) is 10.0. The third-order valence-corrected chi connectivity index (χ3v) is 9.67. The summed E-state index contributed by atoms with van der Waals surface area (Å²) >= 11 is 0. The summed E-state index contributed by atoms with van der Waals surface area (Å²) in [4.78, 5) is 81.0. The van der Waals surface area contributed by atoms with Crippen molar-refractivity contribution in [2.24, 2.45) is 50.2 Å². The summed E-state index contributed by atoms with van der Waals surface area (Å²) in [7, 11) is 0. The van der Waals surface area contributed by atoms with Crippen molar-refractivity contribution in [2.75, 3.05) is 19.6 Å². The number of nitrogens with one attached hydrogen (secondary N) is 4. The highest BCUT2D eigenvalue weighted by atomic mass is 16.4. The highest BCUT2D eigenvalue weighted by Crippen LogP contribution is 2.26. The second-order valence-corrected chi connectivity index (χ2v) is 15.7. The first kappa shape index (κ1) is 44.0. The van der Waals surface area contributed by atoms with Gasteiger partial charge >= 0.3 is 5.97 Å². The van der Waals surface area contributed by atoms with Gasteiger partial charge < -0.3 is 53.9 Å². The van der Waals surface area contributed by atoms with E-state index < -0.39 is 59.2 Å². The Morgan fingerprint density at radius 1 is 0.909 bits per heavy atom. The van der Waals surface area contributed by atoms with Gasteiger partial charge in [-0.2, -0.15) is 0 Å². The van der Waals surface area contributed by atoms with E-state index in [1.165, 1.54) is 0 Å². The zero-order valence-electron chi connectivity index (χ0n) is 32.8. The van der Waals surface area contributed by atoms with Crippen LogP contribution in [0.25, 0.3) is 10.9 Å². The number of amides is 4. The molecule has 17 heteroatoms. The summed E-state index contributed by atoms with van der Waals surface area (Å²) < 4.78 is 0. The lowest BCUT2D eigenvalue weighted by molar-refractivity contribution is -0.143. The predicted molar refractivity (Wildman–Crippen MR) is 212 cm³/mol. The van der Waals surface area contributed by atoms with E-state index in [-0.39, 0.29) is 36.6 Å². The minimum absolute atomic E-state index is 0.00783. The Hall–Kier alpha value is -5.35. The van der Waals surface area contributed by atoms with Gasteiger partial charge in [-0.05, 0) is 67.9 Å². The predicted octanol–water partition coefficient (Wildman–Crippen LogP) is 1.06. The molecular weight excluding hydrogens is 706 g/mol. The maximum absolute atomic E-state index is 14.3. The van der Waals surface area contributed by atoms with Crippen molar-refractivity contribution in [1.82, 2.24) is 25.8 Å². The van der Waals surface area contributed by atoms with E-state index in [1.54, 1.807) is 31.9 Å². The maximum Gasteiger partial charge on any atom is 0.326 e. The van der Waals surface area contributed by atoms with Gasteiger partial charge in [0.15, 0.2) is 11.9 Å². The van der Waals surface area contributed by atoms with Crippen LogP contribution in [-0.2, 0) is 30.4 Å². The number of carboxylic acids is 1. The molecule has 0 radical (unpaired) electrons. The van der Waals surface area contributed by atoms with Crippen LogP contribution >= 0.6 is 0 Å². The van der Waals surface area contributed by atoms with Crippen LogP contribution in [0.1, 0.15) is 85.1 Å². The Morgan fingerprint density at radius 2 is 1.53 bits per heavy atom. The fourth-order valence-corrected chi connectivity index (χ4v) is 6.88. The molecule has 0 saturated carbocycles. The summed E-state index contributed by atoms with van der Waals surface area (Å²) in [5, 5.41) is 19.0. The fraction of sp³-hybridized carbons (Fsp3) is 0.605. The Labute approximate surface area is 322 Å². The van der Waals surface area contributed by atoms with Crippen molar-refractivity contribution in [3.8, 4) is 0 Å². The van der Waals surface area contributed by atoms with Gasteiger partial charge in [0.2, 0.25) is 23.6 Å². The van der Waals surface area contributed by atoms with E-state index in [0.717, 1.165) is 16.5 Å². The average Bonchev–Trinajstić information content (AvgIpc) is 3.76. The quantitative estimate of drug-likeness (QED) is 0.0524. The zero-order valence-corrected chi connectivity index (χ0v) is 32.8.